The van der Waals surface area contributed by atoms with Gasteiger partial charge in [-0.1, -0.05) is 53.7 Å². The Morgan fingerprint density at radius 1 is 1.23 bits per heavy atom. The van der Waals surface area contributed by atoms with Crippen molar-refractivity contribution in [3.05, 3.63) is 70.0 Å². The summed E-state index contributed by atoms with van der Waals surface area (Å²) in [6.07, 6.45) is 0. The summed E-state index contributed by atoms with van der Waals surface area (Å²) < 4.78 is 6.57. The van der Waals surface area contributed by atoms with Gasteiger partial charge in [0, 0.05) is 6.54 Å². The van der Waals surface area contributed by atoms with E-state index in [-0.39, 0.29) is 11.5 Å². The first-order valence-corrected chi connectivity index (χ1v) is 9.23. The first-order valence-electron chi connectivity index (χ1n) is 8.35. The molecule has 0 saturated heterocycles. The average molecular weight is 368 g/mol. The van der Waals surface area contributed by atoms with Gasteiger partial charge in [0.1, 0.15) is 5.25 Å². The number of carbonyl (C=O) groups is 1. The summed E-state index contributed by atoms with van der Waals surface area (Å²) >= 11 is 1.24. The first-order chi connectivity index (χ1) is 12.5. The zero-order chi connectivity index (χ0) is 18.7. The molecule has 0 aliphatic heterocycles. The van der Waals surface area contributed by atoms with Crippen LogP contribution in [0.3, 0.4) is 0 Å². The van der Waals surface area contributed by atoms with Crippen molar-refractivity contribution in [1.82, 2.24) is 9.55 Å². The maximum atomic E-state index is 12.9. The zero-order valence-corrected chi connectivity index (χ0v) is 15.7. The lowest BCUT2D eigenvalue weighted by atomic mass is 10.1. The largest absolute Gasteiger partial charge is 0.468 e. The van der Waals surface area contributed by atoms with Crippen molar-refractivity contribution in [2.24, 2.45) is 0 Å². The van der Waals surface area contributed by atoms with Crippen LogP contribution in [0, 0.1) is 6.92 Å². The van der Waals surface area contributed by atoms with Gasteiger partial charge in [0.25, 0.3) is 5.56 Å². The molecule has 0 amide bonds. The number of carbonyl (C=O) groups excluding carboxylic acids is 1. The summed E-state index contributed by atoms with van der Waals surface area (Å²) in [5.41, 5.74) is 2.35. The van der Waals surface area contributed by atoms with Gasteiger partial charge >= 0.3 is 5.97 Å². The maximum absolute atomic E-state index is 12.9. The topological polar surface area (TPSA) is 61.2 Å². The third-order valence-electron chi connectivity index (χ3n) is 4.13. The molecule has 26 heavy (non-hydrogen) atoms. The van der Waals surface area contributed by atoms with E-state index < -0.39 is 5.25 Å². The predicted octanol–water partition coefficient (Wildman–Crippen LogP) is 3.73. The number of hydrogen-bond donors (Lipinski definition) is 0. The lowest BCUT2D eigenvalue weighted by Gasteiger charge is -2.17. The molecule has 134 valence electrons. The fraction of sp³-hybridized carbons (Fsp3) is 0.250. The lowest BCUT2D eigenvalue weighted by Crippen LogP contribution is -2.23. The molecule has 6 heteroatoms. The Balaban J connectivity index is 2.12. The second-order valence-corrected chi connectivity index (χ2v) is 6.97. The third kappa shape index (κ3) is 3.51. The monoisotopic (exact) mass is 368 g/mol. The molecule has 0 saturated carbocycles. The second kappa shape index (κ2) is 7.74. The SMILES string of the molecule is CCn1c(SC(C(=O)OC)c2ccccc2)nc2ccc(C)cc2c1=O. The second-order valence-electron chi connectivity index (χ2n) is 5.90. The molecule has 0 bridgehead atoms. The van der Waals surface area contributed by atoms with Crippen LogP contribution in [0.5, 0.6) is 0 Å². The number of rotatable bonds is 5. The minimum Gasteiger partial charge on any atom is -0.468 e. The maximum Gasteiger partial charge on any atom is 0.323 e. The Morgan fingerprint density at radius 2 is 1.96 bits per heavy atom. The van der Waals surface area contributed by atoms with Crippen LogP contribution in [-0.2, 0) is 16.1 Å². The first kappa shape index (κ1) is 18.2. The number of methoxy groups -OCH3 is 1. The summed E-state index contributed by atoms with van der Waals surface area (Å²) in [5.74, 6) is -0.373. The number of aromatic nitrogens is 2. The van der Waals surface area contributed by atoms with Crippen LogP contribution >= 0.6 is 11.8 Å². The van der Waals surface area contributed by atoms with Crippen LogP contribution in [-0.4, -0.2) is 22.6 Å². The minimum absolute atomic E-state index is 0.0969. The van der Waals surface area contributed by atoms with Gasteiger partial charge < -0.3 is 4.74 Å². The van der Waals surface area contributed by atoms with Gasteiger partial charge in [-0.2, -0.15) is 0 Å². The molecular weight excluding hydrogens is 348 g/mol. The van der Waals surface area contributed by atoms with Gasteiger partial charge in [0.05, 0.1) is 18.0 Å². The molecule has 0 spiro atoms. The molecule has 3 aromatic rings. The molecule has 1 atom stereocenters. The molecule has 0 radical (unpaired) electrons. The molecule has 1 unspecified atom stereocenters. The van der Waals surface area contributed by atoms with E-state index in [0.717, 1.165) is 11.1 Å². The number of benzene rings is 2. The molecule has 0 fully saturated rings. The normalized spacial score (nSPS) is 12.1. The van der Waals surface area contributed by atoms with Crippen LogP contribution in [0.2, 0.25) is 0 Å². The van der Waals surface area contributed by atoms with Crippen molar-refractivity contribution in [2.45, 2.75) is 30.8 Å². The number of fused-ring (bicyclic) bond motifs is 1. The van der Waals surface area contributed by atoms with Crippen LogP contribution in [0.4, 0.5) is 0 Å². The zero-order valence-electron chi connectivity index (χ0n) is 14.9. The highest BCUT2D eigenvalue weighted by Gasteiger charge is 2.25. The Kier molecular flexibility index (Phi) is 5.42. The Hall–Kier alpha value is -2.60. The summed E-state index contributed by atoms with van der Waals surface area (Å²) in [5, 5.41) is 0.507. The fourth-order valence-electron chi connectivity index (χ4n) is 2.78. The van der Waals surface area contributed by atoms with Gasteiger partial charge in [-0.15, -0.1) is 0 Å². The van der Waals surface area contributed by atoms with Gasteiger partial charge in [-0.25, -0.2) is 4.98 Å². The van der Waals surface area contributed by atoms with E-state index in [9.17, 15) is 9.59 Å². The van der Waals surface area contributed by atoms with Gasteiger partial charge in [-0.3, -0.25) is 14.2 Å². The molecule has 1 heterocycles. The van der Waals surface area contributed by atoms with Gasteiger partial charge in [-0.05, 0) is 31.5 Å². The minimum atomic E-state index is -0.589. The highest BCUT2D eigenvalue weighted by molar-refractivity contribution is 8.00. The van der Waals surface area contributed by atoms with E-state index in [1.165, 1.54) is 18.9 Å². The van der Waals surface area contributed by atoms with Crippen molar-refractivity contribution >= 4 is 28.6 Å². The summed E-state index contributed by atoms with van der Waals surface area (Å²) in [7, 11) is 1.36. The number of hydrogen-bond acceptors (Lipinski definition) is 5. The third-order valence-corrected chi connectivity index (χ3v) is 5.35. The molecule has 2 aromatic carbocycles. The fourth-order valence-corrected chi connectivity index (χ4v) is 3.96. The lowest BCUT2D eigenvalue weighted by molar-refractivity contribution is -0.140. The molecule has 0 N–H and O–H groups in total. The van der Waals surface area contributed by atoms with Gasteiger partial charge in [0.2, 0.25) is 0 Å². The van der Waals surface area contributed by atoms with Crippen molar-refractivity contribution < 1.29 is 9.53 Å². The van der Waals surface area contributed by atoms with Crippen molar-refractivity contribution in [1.29, 1.82) is 0 Å². The van der Waals surface area contributed by atoms with Crippen LogP contribution in [0.1, 0.15) is 23.3 Å². The number of nitrogens with zero attached hydrogens (tertiary/aromatic N) is 2. The number of esters is 1. The highest BCUT2D eigenvalue weighted by atomic mass is 32.2. The summed E-state index contributed by atoms with van der Waals surface area (Å²) in [6, 6.07) is 15.0. The number of aryl methyl sites for hydroxylation is 1. The average Bonchev–Trinajstić information content (AvgIpc) is 2.67. The number of ether oxygens (including phenoxy) is 1. The van der Waals surface area contributed by atoms with Crippen LogP contribution < -0.4 is 5.56 Å². The Labute approximate surface area is 156 Å². The van der Waals surface area contributed by atoms with E-state index in [4.69, 9.17) is 4.74 Å². The molecular formula is C20H20N2O3S. The molecule has 0 aliphatic rings. The van der Waals surface area contributed by atoms with Crippen molar-refractivity contribution in [2.75, 3.05) is 7.11 Å². The predicted molar refractivity (Wildman–Crippen MR) is 103 cm³/mol. The van der Waals surface area contributed by atoms with E-state index in [2.05, 4.69) is 4.98 Å². The van der Waals surface area contributed by atoms with Crippen LogP contribution in [0.25, 0.3) is 10.9 Å². The summed E-state index contributed by atoms with van der Waals surface area (Å²) in [4.78, 5) is 29.9. The van der Waals surface area contributed by atoms with Crippen LogP contribution in [0.15, 0.2) is 58.5 Å². The molecule has 0 aliphatic carbocycles. The smallest absolute Gasteiger partial charge is 0.323 e. The van der Waals surface area contributed by atoms with Crippen molar-refractivity contribution in [3.8, 4) is 0 Å². The standard InChI is InChI=1S/C20H20N2O3S/c1-4-22-18(23)15-12-13(2)10-11-16(15)21-20(22)26-17(19(24)25-3)14-8-6-5-7-9-14/h5-12,17H,4H2,1-3H3. The van der Waals surface area contributed by atoms with E-state index in [0.29, 0.717) is 22.6 Å². The molecule has 3 rings (SSSR count). The quantitative estimate of drug-likeness (QED) is 0.390. The van der Waals surface area contributed by atoms with E-state index in [1.54, 1.807) is 4.57 Å². The molecule has 5 nitrogen and oxygen atoms in total. The van der Waals surface area contributed by atoms with E-state index in [1.807, 2.05) is 62.4 Å². The Morgan fingerprint density at radius 3 is 2.62 bits per heavy atom. The Bertz CT molecular complexity index is 999. The van der Waals surface area contributed by atoms with Crippen molar-refractivity contribution in [3.63, 3.8) is 0 Å². The highest BCUT2D eigenvalue weighted by Crippen LogP contribution is 2.35. The number of thioether (sulfide) groups is 1. The molecule has 1 aromatic heterocycles. The van der Waals surface area contributed by atoms with Gasteiger partial charge in [0.15, 0.2) is 5.16 Å². The summed E-state index contributed by atoms with van der Waals surface area (Å²) in [6.45, 7) is 4.31. The van der Waals surface area contributed by atoms with E-state index >= 15 is 0 Å².